The lowest BCUT2D eigenvalue weighted by molar-refractivity contribution is 0.102. The van der Waals surface area contributed by atoms with Crippen LogP contribution in [0.1, 0.15) is 24.2 Å². The summed E-state index contributed by atoms with van der Waals surface area (Å²) in [6.45, 7) is 4.08. The van der Waals surface area contributed by atoms with Gasteiger partial charge >= 0.3 is 0 Å². The van der Waals surface area contributed by atoms with Crippen LogP contribution in [-0.2, 0) is 10.0 Å². The van der Waals surface area contributed by atoms with Crippen LogP contribution in [0.15, 0.2) is 47.4 Å². The number of halogens is 1. The highest BCUT2D eigenvalue weighted by Gasteiger charge is 2.24. The van der Waals surface area contributed by atoms with Gasteiger partial charge in [0.1, 0.15) is 11.6 Å². The third kappa shape index (κ3) is 4.03. The minimum atomic E-state index is -3.74. The molecule has 0 heterocycles. The van der Waals surface area contributed by atoms with Crippen molar-refractivity contribution in [2.24, 2.45) is 0 Å². The molecule has 0 saturated carbocycles. The van der Waals surface area contributed by atoms with Gasteiger partial charge in [-0.15, -0.1) is 0 Å². The van der Waals surface area contributed by atoms with E-state index in [-0.39, 0.29) is 21.9 Å². The van der Waals surface area contributed by atoms with Crippen LogP contribution in [0, 0.1) is 5.82 Å². The molecule has 1 N–H and O–H groups in total. The van der Waals surface area contributed by atoms with Crippen molar-refractivity contribution in [1.29, 1.82) is 0 Å². The number of benzene rings is 2. The Hall–Kier alpha value is -2.45. The molecule has 2 rings (SSSR count). The molecule has 1 amide bonds. The number of anilines is 1. The molecule has 140 valence electrons. The Kier molecular flexibility index (Phi) is 6.33. The molecular formula is C18H21FN2O4S. The van der Waals surface area contributed by atoms with Gasteiger partial charge in [-0.3, -0.25) is 4.79 Å². The fourth-order valence-corrected chi connectivity index (χ4v) is 3.97. The maximum absolute atomic E-state index is 13.8. The Bertz CT molecular complexity index is 896. The highest BCUT2D eigenvalue weighted by Crippen LogP contribution is 2.26. The standard InChI is InChI=1S/C18H21FN2O4S/c1-4-21(5-2)26(23,24)13-10-11-17(25-3)14(12-13)18(22)20-16-9-7-6-8-15(16)19/h6-12H,4-5H2,1-3H3,(H,20,22). The first-order chi connectivity index (χ1) is 12.3. The number of para-hydroxylation sites is 1. The van der Waals surface area contributed by atoms with Gasteiger partial charge in [-0.05, 0) is 30.3 Å². The van der Waals surface area contributed by atoms with Gasteiger partial charge in [0.05, 0.1) is 23.3 Å². The molecule has 0 bridgehead atoms. The second-order valence-electron chi connectivity index (χ2n) is 5.39. The van der Waals surface area contributed by atoms with Crippen molar-refractivity contribution in [3.63, 3.8) is 0 Å². The zero-order valence-corrected chi connectivity index (χ0v) is 15.6. The summed E-state index contributed by atoms with van der Waals surface area (Å²) in [6, 6.07) is 9.74. The van der Waals surface area contributed by atoms with Gasteiger partial charge in [-0.25, -0.2) is 12.8 Å². The number of methoxy groups -OCH3 is 1. The van der Waals surface area contributed by atoms with Crippen molar-refractivity contribution in [1.82, 2.24) is 4.31 Å². The smallest absolute Gasteiger partial charge is 0.259 e. The molecule has 0 aromatic heterocycles. The number of carbonyl (C=O) groups excluding carboxylic acids is 1. The van der Waals surface area contributed by atoms with Gasteiger partial charge in [0.25, 0.3) is 5.91 Å². The SMILES string of the molecule is CCN(CC)S(=O)(=O)c1ccc(OC)c(C(=O)Nc2ccccc2F)c1. The van der Waals surface area contributed by atoms with E-state index in [9.17, 15) is 17.6 Å². The number of hydrogen-bond donors (Lipinski definition) is 1. The van der Waals surface area contributed by atoms with Crippen LogP contribution in [0.25, 0.3) is 0 Å². The van der Waals surface area contributed by atoms with E-state index in [1.54, 1.807) is 19.9 Å². The van der Waals surface area contributed by atoms with E-state index < -0.39 is 21.7 Å². The molecule has 2 aromatic rings. The van der Waals surface area contributed by atoms with Crippen LogP contribution >= 0.6 is 0 Å². The summed E-state index contributed by atoms with van der Waals surface area (Å²) in [7, 11) is -2.37. The molecular weight excluding hydrogens is 359 g/mol. The summed E-state index contributed by atoms with van der Waals surface area (Å²) in [4.78, 5) is 12.5. The minimum absolute atomic E-state index is 0.00319. The summed E-state index contributed by atoms with van der Waals surface area (Å²) >= 11 is 0. The van der Waals surface area contributed by atoms with E-state index in [0.717, 1.165) is 0 Å². The van der Waals surface area contributed by atoms with E-state index in [1.807, 2.05) is 0 Å². The summed E-state index contributed by atoms with van der Waals surface area (Å²) in [5.74, 6) is -1.06. The van der Waals surface area contributed by atoms with Gasteiger partial charge in [0.15, 0.2) is 0 Å². The lowest BCUT2D eigenvalue weighted by atomic mass is 10.2. The van der Waals surface area contributed by atoms with E-state index >= 15 is 0 Å². The predicted molar refractivity (Wildman–Crippen MR) is 97.5 cm³/mol. The number of amides is 1. The largest absolute Gasteiger partial charge is 0.496 e. The first kappa shape index (κ1) is 19.9. The molecule has 0 aliphatic heterocycles. The average molecular weight is 380 g/mol. The fourth-order valence-electron chi connectivity index (χ4n) is 2.49. The van der Waals surface area contributed by atoms with Gasteiger partial charge in [0.2, 0.25) is 10.0 Å². The van der Waals surface area contributed by atoms with Crippen LogP contribution in [0.5, 0.6) is 5.75 Å². The monoisotopic (exact) mass is 380 g/mol. The Morgan fingerprint density at radius 2 is 1.81 bits per heavy atom. The molecule has 26 heavy (non-hydrogen) atoms. The first-order valence-corrected chi connectivity index (χ1v) is 9.53. The second-order valence-corrected chi connectivity index (χ2v) is 7.32. The number of sulfonamides is 1. The van der Waals surface area contributed by atoms with Crippen molar-refractivity contribution in [2.75, 3.05) is 25.5 Å². The molecule has 8 heteroatoms. The van der Waals surface area contributed by atoms with Crippen molar-refractivity contribution < 1.29 is 22.3 Å². The zero-order chi connectivity index (χ0) is 19.3. The minimum Gasteiger partial charge on any atom is -0.496 e. The van der Waals surface area contributed by atoms with E-state index in [2.05, 4.69) is 5.32 Å². The molecule has 0 fully saturated rings. The Morgan fingerprint density at radius 3 is 2.38 bits per heavy atom. The number of rotatable bonds is 7. The molecule has 0 spiro atoms. The second kappa shape index (κ2) is 8.29. The lowest BCUT2D eigenvalue weighted by Gasteiger charge is -2.19. The summed E-state index contributed by atoms with van der Waals surface area (Å²) in [5.41, 5.74) is 0.000500. The molecule has 6 nitrogen and oxygen atoms in total. The number of ether oxygens (including phenoxy) is 1. The van der Waals surface area contributed by atoms with Crippen LogP contribution in [-0.4, -0.2) is 38.8 Å². The zero-order valence-electron chi connectivity index (χ0n) is 14.8. The van der Waals surface area contributed by atoms with Gasteiger partial charge < -0.3 is 10.1 Å². The van der Waals surface area contributed by atoms with Crippen LogP contribution in [0.4, 0.5) is 10.1 Å². The van der Waals surface area contributed by atoms with Gasteiger partial charge in [0, 0.05) is 13.1 Å². The first-order valence-electron chi connectivity index (χ1n) is 8.09. The van der Waals surface area contributed by atoms with Crippen molar-refractivity contribution in [3.05, 3.63) is 53.8 Å². The Labute approximate surface area is 152 Å². The van der Waals surface area contributed by atoms with Crippen molar-refractivity contribution in [2.45, 2.75) is 18.7 Å². The third-order valence-corrected chi connectivity index (χ3v) is 5.93. The highest BCUT2D eigenvalue weighted by atomic mass is 32.2. The van der Waals surface area contributed by atoms with Crippen LogP contribution in [0.3, 0.4) is 0 Å². The molecule has 0 aliphatic rings. The number of nitrogens with one attached hydrogen (secondary N) is 1. The van der Waals surface area contributed by atoms with E-state index in [1.165, 1.54) is 47.8 Å². The molecule has 0 radical (unpaired) electrons. The quantitative estimate of drug-likeness (QED) is 0.801. The summed E-state index contributed by atoms with van der Waals surface area (Å²) < 4.78 is 45.6. The molecule has 0 saturated heterocycles. The molecule has 0 aliphatic carbocycles. The van der Waals surface area contributed by atoms with E-state index in [4.69, 9.17) is 4.74 Å². The Morgan fingerprint density at radius 1 is 1.15 bits per heavy atom. The maximum atomic E-state index is 13.8. The van der Waals surface area contributed by atoms with Crippen molar-refractivity contribution >= 4 is 21.6 Å². The average Bonchev–Trinajstić information content (AvgIpc) is 2.63. The maximum Gasteiger partial charge on any atom is 0.259 e. The number of carbonyl (C=O) groups is 1. The summed E-state index contributed by atoms with van der Waals surface area (Å²) in [6.07, 6.45) is 0. The topological polar surface area (TPSA) is 75.7 Å². The number of nitrogens with zero attached hydrogens (tertiary/aromatic N) is 1. The molecule has 0 unspecified atom stereocenters. The van der Waals surface area contributed by atoms with Gasteiger partial charge in [-0.2, -0.15) is 4.31 Å². The van der Waals surface area contributed by atoms with Crippen LogP contribution < -0.4 is 10.1 Å². The number of hydrogen-bond acceptors (Lipinski definition) is 4. The molecule has 2 aromatic carbocycles. The van der Waals surface area contributed by atoms with E-state index in [0.29, 0.717) is 13.1 Å². The highest BCUT2D eigenvalue weighted by molar-refractivity contribution is 7.89. The molecule has 0 atom stereocenters. The fraction of sp³-hybridized carbons (Fsp3) is 0.278. The van der Waals surface area contributed by atoms with Crippen LogP contribution in [0.2, 0.25) is 0 Å². The predicted octanol–water partition coefficient (Wildman–Crippen LogP) is 3.12. The summed E-state index contributed by atoms with van der Waals surface area (Å²) in [5, 5.41) is 2.43. The van der Waals surface area contributed by atoms with Crippen molar-refractivity contribution in [3.8, 4) is 5.75 Å². The lowest BCUT2D eigenvalue weighted by Crippen LogP contribution is -2.30. The third-order valence-electron chi connectivity index (χ3n) is 3.88. The Balaban J connectivity index is 2.44. The van der Waals surface area contributed by atoms with Gasteiger partial charge in [-0.1, -0.05) is 26.0 Å². The normalized spacial score (nSPS) is 11.4.